The van der Waals surface area contributed by atoms with Crippen LogP contribution in [-0.2, 0) is 6.54 Å². The van der Waals surface area contributed by atoms with Gasteiger partial charge in [0.05, 0.1) is 12.0 Å². The molecule has 0 spiro atoms. The van der Waals surface area contributed by atoms with Gasteiger partial charge >= 0.3 is 0 Å². The first-order valence-corrected chi connectivity index (χ1v) is 5.00. The first-order chi connectivity index (χ1) is 6.27. The summed E-state index contributed by atoms with van der Waals surface area (Å²) in [4.78, 5) is 7.32. The van der Waals surface area contributed by atoms with Gasteiger partial charge < -0.3 is 10.3 Å². The molecule has 1 heterocycles. The van der Waals surface area contributed by atoms with Crippen LogP contribution in [0.2, 0.25) is 0 Å². The number of aromatic nitrogens is 2. The second-order valence-corrected chi connectivity index (χ2v) is 3.37. The van der Waals surface area contributed by atoms with E-state index in [9.17, 15) is 0 Å². The van der Waals surface area contributed by atoms with Gasteiger partial charge in [0.1, 0.15) is 0 Å². The quantitative estimate of drug-likeness (QED) is 0.729. The molecule has 0 aliphatic rings. The number of aryl methyl sites for hydroxylation is 1. The summed E-state index contributed by atoms with van der Waals surface area (Å²) < 4.78 is 0. The Morgan fingerprint density at radius 3 is 2.62 bits per heavy atom. The molecule has 2 N–H and O–H groups in total. The monoisotopic (exact) mass is 181 g/mol. The predicted molar refractivity (Wildman–Crippen MR) is 54.5 cm³/mol. The summed E-state index contributed by atoms with van der Waals surface area (Å²) in [5.41, 5.74) is 2.30. The third-order valence-corrected chi connectivity index (χ3v) is 2.48. The molecule has 3 heteroatoms. The molecule has 13 heavy (non-hydrogen) atoms. The zero-order chi connectivity index (χ0) is 9.68. The maximum Gasteiger partial charge on any atom is 0.0925 e. The predicted octanol–water partition coefficient (Wildman–Crippen LogP) is 2.00. The Balaban J connectivity index is 2.38. The fourth-order valence-corrected chi connectivity index (χ4v) is 1.38. The average molecular weight is 181 g/mol. The number of aromatic amines is 1. The van der Waals surface area contributed by atoms with E-state index in [0.29, 0.717) is 6.04 Å². The van der Waals surface area contributed by atoms with Crippen LogP contribution in [0.4, 0.5) is 0 Å². The SMILES string of the molecule is CCC(CC)NCc1nc[nH]c1C. The minimum atomic E-state index is 0.621. The number of imidazole rings is 1. The van der Waals surface area contributed by atoms with E-state index in [0.717, 1.165) is 12.2 Å². The lowest BCUT2D eigenvalue weighted by molar-refractivity contribution is 0.480. The molecule has 0 aliphatic carbocycles. The first kappa shape index (κ1) is 10.3. The maximum absolute atomic E-state index is 4.24. The molecular formula is C10H19N3. The van der Waals surface area contributed by atoms with Crippen molar-refractivity contribution in [2.75, 3.05) is 0 Å². The standard InChI is InChI=1S/C10H19N3/c1-4-9(5-2)11-6-10-8(3)12-7-13-10/h7,9,11H,4-6H2,1-3H3,(H,12,13). The van der Waals surface area contributed by atoms with Gasteiger partial charge in [-0.2, -0.15) is 0 Å². The Morgan fingerprint density at radius 1 is 1.46 bits per heavy atom. The van der Waals surface area contributed by atoms with Crippen LogP contribution in [0, 0.1) is 6.92 Å². The average Bonchev–Trinajstić information content (AvgIpc) is 2.54. The van der Waals surface area contributed by atoms with Gasteiger partial charge in [-0.25, -0.2) is 4.98 Å². The van der Waals surface area contributed by atoms with Crippen LogP contribution in [0.1, 0.15) is 38.1 Å². The van der Waals surface area contributed by atoms with Gasteiger partial charge in [0, 0.05) is 18.3 Å². The van der Waals surface area contributed by atoms with Gasteiger partial charge in [0.2, 0.25) is 0 Å². The van der Waals surface area contributed by atoms with Crippen molar-refractivity contribution < 1.29 is 0 Å². The van der Waals surface area contributed by atoms with Crippen molar-refractivity contribution in [3.05, 3.63) is 17.7 Å². The molecule has 0 fully saturated rings. The van der Waals surface area contributed by atoms with Crippen LogP contribution < -0.4 is 5.32 Å². The summed E-state index contributed by atoms with van der Waals surface area (Å²) in [6, 6.07) is 0.621. The van der Waals surface area contributed by atoms with Crippen LogP contribution in [0.5, 0.6) is 0 Å². The lowest BCUT2D eigenvalue weighted by Gasteiger charge is -2.13. The van der Waals surface area contributed by atoms with Gasteiger partial charge in [-0.3, -0.25) is 0 Å². The zero-order valence-electron chi connectivity index (χ0n) is 8.72. The molecule has 0 bridgehead atoms. The second-order valence-electron chi connectivity index (χ2n) is 3.37. The first-order valence-electron chi connectivity index (χ1n) is 5.00. The molecule has 0 aromatic carbocycles. The molecule has 0 aliphatic heterocycles. The highest BCUT2D eigenvalue weighted by Crippen LogP contribution is 2.02. The van der Waals surface area contributed by atoms with E-state index < -0.39 is 0 Å². The van der Waals surface area contributed by atoms with E-state index in [1.54, 1.807) is 6.33 Å². The Kier molecular flexibility index (Phi) is 3.96. The summed E-state index contributed by atoms with van der Waals surface area (Å²) in [6.45, 7) is 7.34. The molecule has 0 saturated carbocycles. The number of H-pyrrole nitrogens is 1. The fraction of sp³-hybridized carbons (Fsp3) is 0.700. The van der Waals surface area contributed by atoms with E-state index in [1.165, 1.54) is 18.5 Å². The fourth-order valence-electron chi connectivity index (χ4n) is 1.38. The topological polar surface area (TPSA) is 40.7 Å². The van der Waals surface area contributed by atoms with E-state index in [4.69, 9.17) is 0 Å². The van der Waals surface area contributed by atoms with E-state index in [2.05, 4.69) is 36.1 Å². The molecule has 74 valence electrons. The number of hydrogen-bond acceptors (Lipinski definition) is 2. The molecule has 0 atom stereocenters. The summed E-state index contributed by atoms with van der Waals surface area (Å²) in [5, 5.41) is 3.48. The third kappa shape index (κ3) is 2.84. The number of nitrogens with one attached hydrogen (secondary N) is 2. The molecule has 0 amide bonds. The molecule has 1 aromatic rings. The van der Waals surface area contributed by atoms with E-state index >= 15 is 0 Å². The highest BCUT2D eigenvalue weighted by Gasteiger charge is 2.04. The molecular weight excluding hydrogens is 162 g/mol. The van der Waals surface area contributed by atoms with Crippen molar-refractivity contribution in [1.82, 2.24) is 15.3 Å². The lowest BCUT2D eigenvalue weighted by atomic mass is 10.1. The van der Waals surface area contributed by atoms with E-state index in [1.807, 2.05) is 0 Å². The number of rotatable bonds is 5. The van der Waals surface area contributed by atoms with Crippen molar-refractivity contribution >= 4 is 0 Å². The van der Waals surface area contributed by atoms with Gasteiger partial charge in [0.25, 0.3) is 0 Å². The molecule has 0 unspecified atom stereocenters. The van der Waals surface area contributed by atoms with Crippen LogP contribution in [0.25, 0.3) is 0 Å². The van der Waals surface area contributed by atoms with Gasteiger partial charge in [0.15, 0.2) is 0 Å². The third-order valence-electron chi connectivity index (χ3n) is 2.48. The second kappa shape index (κ2) is 5.02. The molecule has 0 saturated heterocycles. The highest BCUT2D eigenvalue weighted by molar-refractivity contribution is 5.08. The summed E-state index contributed by atoms with van der Waals surface area (Å²) >= 11 is 0. The summed E-state index contributed by atoms with van der Waals surface area (Å²) in [6.07, 6.45) is 4.11. The molecule has 1 rings (SSSR count). The van der Waals surface area contributed by atoms with Crippen molar-refractivity contribution in [3.8, 4) is 0 Å². The summed E-state index contributed by atoms with van der Waals surface area (Å²) in [5.74, 6) is 0. The Morgan fingerprint density at radius 2 is 2.15 bits per heavy atom. The van der Waals surface area contributed by atoms with Crippen LogP contribution >= 0.6 is 0 Å². The maximum atomic E-state index is 4.24. The van der Waals surface area contributed by atoms with Crippen molar-refractivity contribution in [2.45, 2.75) is 46.2 Å². The van der Waals surface area contributed by atoms with E-state index in [-0.39, 0.29) is 0 Å². The van der Waals surface area contributed by atoms with Crippen molar-refractivity contribution in [2.24, 2.45) is 0 Å². The molecule has 0 radical (unpaired) electrons. The largest absolute Gasteiger partial charge is 0.348 e. The van der Waals surface area contributed by atoms with Gasteiger partial charge in [-0.15, -0.1) is 0 Å². The van der Waals surface area contributed by atoms with Crippen LogP contribution in [-0.4, -0.2) is 16.0 Å². The van der Waals surface area contributed by atoms with Gasteiger partial charge in [-0.05, 0) is 19.8 Å². The minimum Gasteiger partial charge on any atom is -0.348 e. The van der Waals surface area contributed by atoms with Crippen LogP contribution in [0.15, 0.2) is 6.33 Å². The minimum absolute atomic E-state index is 0.621. The van der Waals surface area contributed by atoms with Gasteiger partial charge in [-0.1, -0.05) is 13.8 Å². The Hall–Kier alpha value is -0.830. The normalized spacial score (nSPS) is 11.1. The molecule has 3 nitrogen and oxygen atoms in total. The Labute approximate surface area is 80.0 Å². The summed E-state index contributed by atoms with van der Waals surface area (Å²) in [7, 11) is 0. The van der Waals surface area contributed by atoms with Crippen molar-refractivity contribution in [1.29, 1.82) is 0 Å². The van der Waals surface area contributed by atoms with Crippen molar-refractivity contribution in [3.63, 3.8) is 0 Å². The zero-order valence-corrected chi connectivity index (χ0v) is 8.72. The number of nitrogens with zero attached hydrogens (tertiary/aromatic N) is 1. The Bertz CT molecular complexity index is 238. The number of hydrogen-bond donors (Lipinski definition) is 2. The lowest BCUT2D eigenvalue weighted by Crippen LogP contribution is -2.27. The highest BCUT2D eigenvalue weighted by atomic mass is 15.0. The van der Waals surface area contributed by atoms with Crippen LogP contribution in [0.3, 0.4) is 0 Å². The molecule has 1 aromatic heterocycles. The smallest absolute Gasteiger partial charge is 0.0925 e.